The largest absolute Gasteiger partial charge is 0.495 e. The van der Waals surface area contributed by atoms with Crippen LogP contribution in [0.4, 0.5) is 0 Å². The van der Waals surface area contributed by atoms with Crippen molar-refractivity contribution in [1.82, 2.24) is 0 Å². The number of methoxy groups -OCH3 is 2. The molecule has 0 unspecified atom stereocenters. The van der Waals surface area contributed by atoms with Gasteiger partial charge in [-0.05, 0) is 47.5 Å². The van der Waals surface area contributed by atoms with Gasteiger partial charge in [-0.3, -0.25) is 0 Å². The van der Waals surface area contributed by atoms with Gasteiger partial charge in [0.1, 0.15) is 25.5 Å². The molecule has 0 atom stereocenters. The fraction of sp³-hybridized carbons (Fsp3) is 0.111. The first-order chi connectivity index (χ1) is 15.2. The van der Waals surface area contributed by atoms with Crippen LogP contribution in [0.3, 0.4) is 0 Å². The molecule has 0 amide bonds. The third-order valence-electron chi connectivity index (χ3n) is 4.50. The first-order valence-electron chi connectivity index (χ1n) is 8.76. The highest BCUT2D eigenvalue weighted by Crippen LogP contribution is 2.43. The number of thiophene rings is 1. The van der Waals surface area contributed by atoms with Crippen molar-refractivity contribution < 1.29 is 34.7 Å². The molecule has 0 spiro atoms. The van der Waals surface area contributed by atoms with Gasteiger partial charge in [0, 0.05) is 10.4 Å². The maximum Gasteiger partial charge on any atom is 0.247 e. The van der Waals surface area contributed by atoms with E-state index in [1.165, 1.54) is 56.7 Å². The molecule has 0 aliphatic heterocycles. The fourth-order valence-electron chi connectivity index (χ4n) is 3.04. The van der Waals surface area contributed by atoms with Gasteiger partial charge in [-0.25, -0.2) is 40.7 Å². The molecule has 3 aromatic rings. The van der Waals surface area contributed by atoms with E-state index in [4.69, 9.17) is 24.9 Å². The van der Waals surface area contributed by atoms with Gasteiger partial charge in [-0.15, -0.1) is 11.3 Å². The molecule has 0 saturated carbocycles. The van der Waals surface area contributed by atoms with Crippen molar-refractivity contribution in [2.24, 2.45) is 15.4 Å². The summed E-state index contributed by atoms with van der Waals surface area (Å²) in [6.07, 6.45) is 0. The zero-order chi connectivity index (χ0) is 24.8. The Balaban J connectivity index is 2.36. The van der Waals surface area contributed by atoms with E-state index in [2.05, 4.69) is 0 Å². The summed E-state index contributed by atoms with van der Waals surface area (Å²) >= 11 is 0.769. The summed E-state index contributed by atoms with van der Waals surface area (Å²) in [6.45, 7) is 0. The van der Waals surface area contributed by atoms with E-state index in [1.54, 1.807) is 0 Å². The number of primary sulfonamides is 3. The summed E-state index contributed by atoms with van der Waals surface area (Å²) < 4.78 is 82.1. The van der Waals surface area contributed by atoms with Crippen LogP contribution in [0.1, 0.15) is 0 Å². The lowest BCUT2D eigenvalue weighted by atomic mass is 10.0. The Bertz CT molecular complexity index is 1460. The zero-order valence-electron chi connectivity index (χ0n) is 17.2. The molecule has 33 heavy (non-hydrogen) atoms. The zero-order valence-corrected chi connectivity index (χ0v) is 20.4. The van der Waals surface area contributed by atoms with Crippen molar-refractivity contribution >= 4 is 41.4 Å². The molecule has 0 saturated heterocycles. The van der Waals surface area contributed by atoms with Gasteiger partial charge in [0.05, 0.1) is 14.2 Å². The van der Waals surface area contributed by atoms with Gasteiger partial charge in [-0.2, -0.15) is 0 Å². The highest BCUT2D eigenvalue weighted by Gasteiger charge is 2.24. The van der Waals surface area contributed by atoms with Gasteiger partial charge in [-0.1, -0.05) is 6.07 Å². The lowest BCUT2D eigenvalue weighted by molar-refractivity contribution is 0.402. The van der Waals surface area contributed by atoms with Gasteiger partial charge in [0.15, 0.2) is 0 Å². The first-order valence-corrected chi connectivity index (χ1v) is 14.2. The van der Waals surface area contributed by atoms with E-state index in [1.807, 2.05) is 0 Å². The average Bonchev–Trinajstić information content (AvgIpc) is 3.17. The van der Waals surface area contributed by atoms with Crippen molar-refractivity contribution in [1.29, 1.82) is 0 Å². The third kappa shape index (κ3) is 5.19. The van der Waals surface area contributed by atoms with Crippen LogP contribution in [-0.4, -0.2) is 39.5 Å². The lowest BCUT2D eigenvalue weighted by Crippen LogP contribution is -2.13. The standard InChI is InChI=1S/C18H19N3O8S4/c1-28-13-5-3-10(7-15(13)31(19,22)23)12-9-17(33(21,26)27)30-18(12)11-4-6-14(29-2)16(8-11)32(20,24)25/h3-9H,1-2H3,(H2,19,22,23)(H2,20,24,25)(H2,21,26,27). The van der Waals surface area contributed by atoms with Crippen LogP contribution < -0.4 is 24.9 Å². The second-order valence-corrected chi connectivity index (χ2v) is 12.6. The Morgan fingerprint density at radius 1 is 0.667 bits per heavy atom. The molecule has 6 N–H and O–H groups in total. The molecule has 15 heteroatoms. The summed E-state index contributed by atoms with van der Waals surface area (Å²) in [7, 11) is -9.97. The monoisotopic (exact) mass is 533 g/mol. The predicted octanol–water partition coefficient (Wildman–Crippen LogP) is 1.04. The first kappa shape index (κ1) is 25.1. The Kier molecular flexibility index (Phi) is 6.60. The fourth-order valence-corrected chi connectivity index (χ4v) is 6.40. The minimum Gasteiger partial charge on any atom is -0.495 e. The molecule has 0 radical (unpaired) electrons. The van der Waals surface area contributed by atoms with Gasteiger partial charge in [0.25, 0.3) is 0 Å². The number of benzene rings is 2. The molecule has 0 aliphatic carbocycles. The van der Waals surface area contributed by atoms with Gasteiger partial charge >= 0.3 is 0 Å². The van der Waals surface area contributed by atoms with Gasteiger partial charge in [0.2, 0.25) is 30.1 Å². The van der Waals surface area contributed by atoms with E-state index in [0.29, 0.717) is 0 Å². The molecule has 11 nitrogen and oxygen atoms in total. The molecule has 0 fully saturated rings. The van der Waals surface area contributed by atoms with E-state index < -0.39 is 30.1 Å². The molecule has 2 aromatic carbocycles. The Hall–Kier alpha value is -2.53. The third-order valence-corrected chi connectivity index (χ3v) is 8.97. The molecule has 0 bridgehead atoms. The van der Waals surface area contributed by atoms with Crippen molar-refractivity contribution in [2.75, 3.05) is 14.2 Å². The number of hydrogen-bond acceptors (Lipinski definition) is 9. The molecule has 3 rings (SSSR count). The topological polar surface area (TPSA) is 199 Å². The maximum atomic E-state index is 12.0. The number of sulfonamides is 3. The average molecular weight is 534 g/mol. The van der Waals surface area contributed by atoms with Crippen LogP contribution in [0, 0.1) is 0 Å². The summed E-state index contributed by atoms with van der Waals surface area (Å²) in [5, 5.41) is 15.9. The quantitative estimate of drug-likeness (QED) is 0.400. The van der Waals surface area contributed by atoms with Crippen LogP contribution >= 0.6 is 11.3 Å². The molecular formula is C18H19N3O8S4. The Morgan fingerprint density at radius 3 is 1.55 bits per heavy atom. The Morgan fingerprint density at radius 2 is 1.12 bits per heavy atom. The normalized spacial score (nSPS) is 12.5. The maximum absolute atomic E-state index is 12.0. The minimum atomic E-state index is -4.19. The second-order valence-electron chi connectivity index (χ2n) is 6.67. The molecule has 0 aliphatic rings. The summed E-state index contributed by atoms with van der Waals surface area (Å²) in [5.41, 5.74) is 0.818. The van der Waals surface area contributed by atoms with E-state index in [-0.39, 0.29) is 47.1 Å². The van der Waals surface area contributed by atoms with E-state index in [9.17, 15) is 25.3 Å². The molecular weight excluding hydrogens is 514 g/mol. The van der Waals surface area contributed by atoms with Crippen LogP contribution in [-0.2, 0) is 30.1 Å². The summed E-state index contributed by atoms with van der Waals surface area (Å²) in [5.74, 6) is -0.0161. The number of nitrogens with two attached hydrogens (primary N) is 3. The van der Waals surface area contributed by atoms with Crippen molar-refractivity contribution in [3.05, 3.63) is 42.5 Å². The van der Waals surface area contributed by atoms with E-state index in [0.717, 1.165) is 11.3 Å². The van der Waals surface area contributed by atoms with Crippen LogP contribution in [0.2, 0.25) is 0 Å². The van der Waals surface area contributed by atoms with Crippen LogP contribution in [0.15, 0.2) is 56.5 Å². The Labute approximate surface area is 194 Å². The molecule has 1 heterocycles. The SMILES string of the molecule is COc1ccc(-c2cc(S(N)(=O)=O)sc2-c2ccc(OC)c(S(N)(=O)=O)c2)cc1S(N)(=O)=O. The van der Waals surface area contributed by atoms with Crippen LogP contribution in [0.25, 0.3) is 21.6 Å². The van der Waals surface area contributed by atoms with E-state index >= 15 is 0 Å². The van der Waals surface area contributed by atoms with Crippen molar-refractivity contribution in [3.63, 3.8) is 0 Å². The highest BCUT2D eigenvalue weighted by molar-refractivity contribution is 7.91. The second kappa shape index (κ2) is 8.68. The lowest BCUT2D eigenvalue weighted by Gasteiger charge is -2.12. The van der Waals surface area contributed by atoms with Crippen molar-refractivity contribution in [2.45, 2.75) is 14.0 Å². The van der Waals surface area contributed by atoms with Crippen LogP contribution in [0.5, 0.6) is 11.5 Å². The number of rotatable bonds is 7. The summed E-state index contributed by atoms with van der Waals surface area (Å²) in [6, 6.07) is 9.41. The number of ether oxygens (including phenoxy) is 2. The van der Waals surface area contributed by atoms with Gasteiger partial charge < -0.3 is 9.47 Å². The minimum absolute atomic E-state index is 0.00742. The molecule has 1 aromatic heterocycles. The highest BCUT2D eigenvalue weighted by atomic mass is 32.2. The summed E-state index contributed by atoms with van der Waals surface area (Å²) in [4.78, 5) is -0.354. The molecule has 178 valence electrons. The smallest absolute Gasteiger partial charge is 0.247 e. The van der Waals surface area contributed by atoms with Crippen molar-refractivity contribution in [3.8, 4) is 33.1 Å². The number of hydrogen-bond donors (Lipinski definition) is 3. The predicted molar refractivity (Wildman–Crippen MR) is 122 cm³/mol.